The molecule has 0 saturated heterocycles. The summed E-state index contributed by atoms with van der Waals surface area (Å²) in [5.74, 6) is 9.82. The zero-order chi connectivity index (χ0) is 26.3. The zero-order valence-electron chi connectivity index (χ0n) is 25.0. The Morgan fingerprint density at radius 2 is 0.436 bits per heavy atom. The molecule has 0 N–H and O–H groups in total. The highest BCUT2D eigenvalue weighted by Crippen LogP contribution is 2.42. The van der Waals surface area contributed by atoms with Crippen LogP contribution in [0.2, 0.25) is 0 Å². The summed E-state index contributed by atoms with van der Waals surface area (Å²) in [6.07, 6.45) is 52.0. The van der Waals surface area contributed by atoms with Crippen LogP contribution in [0.1, 0.15) is 122 Å². The Labute approximate surface area is 241 Å². The number of rotatable bonds is 0. The monoisotopic (exact) mass is 526 g/mol. The number of hydrogen-bond donors (Lipinski definition) is 0. The highest BCUT2D eigenvalue weighted by atomic mass is 14.3. The largest absolute Gasteiger partial charge is 0.0851 e. The third kappa shape index (κ3) is 8.36. The van der Waals surface area contributed by atoms with Crippen molar-refractivity contribution in [2.45, 2.75) is 122 Å². The first-order valence-corrected chi connectivity index (χ1v) is 17.7. The number of allylic oxidation sites excluding steroid dienone is 10. The Morgan fingerprint density at radius 3 is 0.692 bits per heavy atom. The van der Waals surface area contributed by atoms with Crippen LogP contribution in [-0.4, -0.2) is 0 Å². The van der Waals surface area contributed by atoms with E-state index in [4.69, 9.17) is 0 Å². The van der Waals surface area contributed by atoms with Gasteiger partial charge < -0.3 is 0 Å². The average molecular weight is 527 g/mol. The molecule has 13 aliphatic rings. The van der Waals surface area contributed by atoms with E-state index < -0.39 is 0 Å². The molecule has 6 atom stereocenters. The standard InChI is InChI=1S/C10H16.2C8H12.C7H10.C6H8/c1-2-4-10-7-5-9(3-1)6-8-10;1-2-8-5-3-7(1)4-6-8;1-2-7-4-5-8(3-1)6-7;1-2-7-4-3-6(1)5-7;1-2-6-3-5(1)4-6/h5,7,9-10H,1-4,6,8H2;1-2,7-8H,3-6H2;4-5,7-8H,1-3,6H2;1-2,6-7H,3-5H2;1-2,5-6H,3-4H2. The van der Waals surface area contributed by atoms with Gasteiger partial charge in [0.25, 0.3) is 0 Å². The van der Waals surface area contributed by atoms with Gasteiger partial charge in [-0.15, -0.1) is 0 Å². The van der Waals surface area contributed by atoms with Gasteiger partial charge in [0.15, 0.2) is 0 Å². The van der Waals surface area contributed by atoms with E-state index in [1.807, 2.05) is 0 Å². The van der Waals surface area contributed by atoms with Crippen LogP contribution >= 0.6 is 0 Å². The summed E-state index contributed by atoms with van der Waals surface area (Å²) in [4.78, 5) is 0. The maximum Gasteiger partial charge on any atom is -0.0222 e. The van der Waals surface area contributed by atoms with Gasteiger partial charge in [0, 0.05) is 0 Å². The van der Waals surface area contributed by atoms with Crippen LogP contribution in [0, 0.1) is 59.2 Å². The van der Waals surface area contributed by atoms with Gasteiger partial charge >= 0.3 is 0 Å². The first kappa shape index (κ1) is 27.8. The van der Waals surface area contributed by atoms with Crippen molar-refractivity contribution in [1.82, 2.24) is 0 Å². The predicted octanol–water partition coefficient (Wildman–Crippen LogP) is 11.4. The van der Waals surface area contributed by atoms with Gasteiger partial charge in [-0.25, -0.2) is 0 Å². The Bertz CT molecular complexity index is 821. The van der Waals surface area contributed by atoms with E-state index in [1.54, 1.807) is 0 Å². The minimum absolute atomic E-state index is 0.955. The van der Waals surface area contributed by atoms with Crippen LogP contribution in [0.4, 0.5) is 0 Å². The summed E-state index contributed by atoms with van der Waals surface area (Å²) in [5, 5.41) is 0. The smallest absolute Gasteiger partial charge is 0.0222 e. The lowest BCUT2D eigenvalue weighted by molar-refractivity contribution is 0.329. The third-order valence-corrected chi connectivity index (χ3v) is 11.9. The van der Waals surface area contributed by atoms with Gasteiger partial charge in [0.2, 0.25) is 0 Å². The molecular weight excluding hydrogens is 468 g/mol. The summed E-state index contributed by atoms with van der Waals surface area (Å²) < 4.78 is 0. The van der Waals surface area contributed by atoms with Crippen molar-refractivity contribution in [3.05, 3.63) is 60.8 Å². The second-order valence-electron chi connectivity index (χ2n) is 15.0. The van der Waals surface area contributed by atoms with Crippen LogP contribution in [0.15, 0.2) is 60.8 Å². The quantitative estimate of drug-likeness (QED) is 0.275. The van der Waals surface area contributed by atoms with Crippen molar-refractivity contribution in [2.24, 2.45) is 59.2 Å². The molecule has 0 aromatic carbocycles. The summed E-state index contributed by atoms with van der Waals surface area (Å²) in [6, 6.07) is 0. The van der Waals surface area contributed by atoms with Crippen LogP contribution in [0.5, 0.6) is 0 Å². The first-order valence-electron chi connectivity index (χ1n) is 17.7. The van der Waals surface area contributed by atoms with E-state index in [-0.39, 0.29) is 0 Å². The normalized spacial score (nSPS) is 43.5. The summed E-state index contributed by atoms with van der Waals surface area (Å²) in [7, 11) is 0. The van der Waals surface area contributed by atoms with Crippen molar-refractivity contribution in [1.29, 1.82) is 0 Å². The van der Waals surface area contributed by atoms with Crippen molar-refractivity contribution >= 4 is 0 Å². The number of fused-ring (bicyclic) bond motifs is 10. The second kappa shape index (κ2) is 14.0. The Hall–Kier alpha value is -1.30. The van der Waals surface area contributed by atoms with Crippen molar-refractivity contribution in [2.75, 3.05) is 0 Å². The molecule has 0 radical (unpaired) electrons. The average Bonchev–Trinajstić information content (AvgIpc) is 3.81. The Morgan fingerprint density at radius 1 is 0.205 bits per heavy atom. The minimum atomic E-state index is 0.955. The van der Waals surface area contributed by atoms with Crippen LogP contribution in [-0.2, 0) is 0 Å². The molecule has 13 rings (SSSR count). The zero-order valence-corrected chi connectivity index (χ0v) is 25.0. The summed E-state index contributed by atoms with van der Waals surface area (Å²) >= 11 is 0. The van der Waals surface area contributed by atoms with E-state index in [2.05, 4.69) is 60.8 Å². The Balaban J connectivity index is 0.0000000894. The maximum absolute atomic E-state index is 2.47. The van der Waals surface area contributed by atoms with Gasteiger partial charge in [-0.2, -0.15) is 0 Å². The fraction of sp³-hybridized carbons (Fsp3) is 0.744. The molecule has 6 unspecified atom stereocenters. The van der Waals surface area contributed by atoms with Gasteiger partial charge in [0.05, 0.1) is 0 Å². The summed E-state index contributed by atoms with van der Waals surface area (Å²) in [5.41, 5.74) is 0. The van der Waals surface area contributed by atoms with Crippen molar-refractivity contribution in [3.8, 4) is 0 Å². The van der Waals surface area contributed by atoms with E-state index in [0.717, 1.165) is 59.2 Å². The van der Waals surface area contributed by atoms with E-state index >= 15 is 0 Å². The fourth-order valence-corrected chi connectivity index (χ4v) is 9.06. The topological polar surface area (TPSA) is 0 Å². The molecular formula is C39H58. The molecule has 0 nitrogen and oxygen atoms in total. The molecule has 0 heterocycles. The lowest BCUT2D eigenvalue weighted by atomic mass is 9.76. The van der Waals surface area contributed by atoms with Gasteiger partial charge in [-0.05, 0) is 162 Å². The molecule has 0 aromatic heterocycles. The highest BCUT2D eigenvalue weighted by molar-refractivity contribution is 5.11. The molecule has 0 aliphatic heterocycles. The van der Waals surface area contributed by atoms with Crippen molar-refractivity contribution < 1.29 is 0 Å². The molecule has 13 aliphatic carbocycles. The Kier molecular flexibility index (Phi) is 10.0. The molecule has 5 fully saturated rings. The van der Waals surface area contributed by atoms with Gasteiger partial charge in [-0.1, -0.05) is 80.0 Å². The molecule has 0 spiro atoms. The SMILES string of the molecule is C1=CC2CC1C2.C1=CC2CCC1C2.C1=CC2CCC1CC2.C1=CC2CCCC1C2.C1=CC2CCCCC1CC2. The lowest BCUT2D eigenvalue weighted by Gasteiger charge is -2.29. The predicted molar refractivity (Wildman–Crippen MR) is 168 cm³/mol. The fourth-order valence-electron chi connectivity index (χ4n) is 9.06. The third-order valence-electron chi connectivity index (χ3n) is 11.9. The molecule has 214 valence electrons. The van der Waals surface area contributed by atoms with Gasteiger partial charge in [-0.3, -0.25) is 0 Å². The van der Waals surface area contributed by atoms with Gasteiger partial charge in [0.1, 0.15) is 0 Å². The second-order valence-corrected chi connectivity index (χ2v) is 15.0. The number of hydrogen-bond acceptors (Lipinski definition) is 0. The maximum atomic E-state index is 2.47. The minimum Gasteiger partial charge on any atom is -0.0851 e. The molecule has 0 amide bonds. The molecule has 0 heteroatoms. The molecule has 0 aromatic rings. The lowest BCUT2D eigenvalue weighted by Crippen LogP contribution is -2.16. The van der Waals surface area contributed by atoms with Crippen LogP contribution < -0.4 is 0 Å². The first-order chi connectivity index (χ1) is 19.2. The van der Waals surface area contributed by atoms with Crippen LogP contribution in [0.25, 0.3) is 0 Å². The van der Waals surface area contributed by atoms with Crippen molar-refractivity contribution in [3.63, 3.8) is 0 Å². The molecule has 39 heavy (non-hydrogen) atoms. The van der Waals surface area contributed by atoms with E-state index in [1.165, 1.54) is 122 Å². The van der Waals surface area contributed by atoms with E-state index in [0.29, 0.717) is 0 Å². The van der Waals surface area contributed by atoms with E-state index in [9.17, 15) is 0 Å². The molecule has 5 saturated carbocycles. The van der Waals surface area contributed by atoms with Crippen LogP contribution in [0.3, 0.4) is 0 Å². The summed E-state index contributed by atoms with van der Waals surface area (Å²) in [6.45, 7) is 0. The highest BCUT2D eigenvalue weighted by Gasteiger charge is 2.30. The molecule has 10 bridgehead atoms.